The molecule has 1 aromatic rings. The zero-order chi connectivity index (χ0) is 16.3. The number of methoxy groups -OCH3 is 1. The smallest absolute Gasteiger partial charge is 0.347 e. The van der Waals surface area contributed by atoms with Crippen molar-refractivity contribution < 1.29 is 23.1 Å². The summed E-state index contributed by atoms with van der Waals surface area (Å²) in [5, 5.41) is 10.7. The topological polar surface area (TPSA) is 92.7 Å². The molecule has 1 fully saturated rings. The summed E-state index contributed by atoms with van der Waals surface area (Å²) in [5.41, 5.74) is 0.449. The van der Waals surface area contributed by atoms with Crippen LogP contribution in [0, 0.1) is 12.8 Å². The number of carboxylic acid groups (broad SMARTS) is 1. The molecule has 0 aliphatic heterocycles. The standard InChI is InChI=1S/C14H21NO5S2/c1-9-8-21-12(14(16)17)13(9)22(18,19)15-7-11(20-2)10-5-3-4-6-10/h8,10-11,15H,3-7H2,1-2H3,(H,16,17). The molecule has 0 saturated heterocycles. The van der Waals surface area contributed by atoms with Crippen LogP contribution in [0.3, 0.4) is 0 Å². The van der Waals surface area contributed by atoms with Gasteiger partial charge in [0.05, 0.1) is 6.10 Å². The molecule has 0 spiro atoms. The summed E-state index contributed by atoms with van der Waals surface area (Å²) in [6.07, 6.45) is 4.19. The number of hydrogen-bond donors (Lipinski definition) is 2. The number of ether oxygens (including phenoxy) is 1. The van der Waals surface area contributed by atoms with Gasteiger partial charge in [0.15, 0.2) is 0 Å². The van der Waals surface area contributed by atoms with E-state index in [-0.39, 0.29) is 22.4 Å². The Hall–Kier alpha value is -0.960. The van der Waals surface area contributed by atoms with E-state index in [4.69, 9.17) is 9.84 Å². The number of rotatable bonds is 7. The molecule has 22 heavy (non-hydrogen) atoms. The van der Waals surface area contributed by atoms with Crippen molar-refractivity contribution >= 4 is 27.3 Å². The number of carbonyl (C=O) groups is 1. The van der Waals surface area contributed by atoms with E-state index in [1.807, 2.05) is 0 Å². The Balaban J connectivity index is 2.14. The summed E-state index contributed by atoms with van der Waals surface area (Å²) < 4.78 is 32.8. The van der Waals surface area contributed by atoms with Gasteiger partial charge in [-0.1, -0.05) is 12.8 Å². The molecule has 1 atom stereocenters. The third-order valence-corrected chi connectivity index (χ3v) is 6.91. The van der Waals surface area contributed by atoms with Crippen molar-refractivity contribution in [2.75, 3.05) is 13.7 Å². The molecule has 0 aromatic carbocycles. The zero-order valence-corrected chi connectivity index (χ0v) is 14.3. The zero-order valence-electron chi connectivity index (χ0n) is 12.7. The van der Waals surface area contributed by atoms with Gasteiger partial charge in [-0.25, -0.2) is 17.9 Å². The molecule has 1 unspecified atom stereocenters. The van der Waals surface area contributed by atoms with Crippen LogP contribution in [0.25, 0.3) is 0 Å². The maximum atomic E-state index is 12.5. The largest absolute Gasteiger partial charge is 0.477 e. The lowest BCUT2D eigenvalue weighted by molar-refractivity contribution is 0.0584. The van der Waals surface area contributed by atoms with E-state index >= 15 is 0 Å². The fraction of sp³-hybridized carbons (Fsp3) is 0.643. The summed E-state index contributed by atoms with van der Waals surface area (Å²) in [5.74, 6) is -0.868. The lowest BCUT2D eigenvalue weighted by atomic mass is 10.0. The first-order valence-electron chi connectivity index (χ1n) is 7.20. The Bertz CT molecular complexity index is 632. The lowest BCUT2D eigenvalue weighted by Gasteiger charge is -2.22. The van der Waals surface area contributed by atoms with Crippen molar-refractivity contribution in [2.24, 2.45) is 5.92 Å². The Morgan fingerprint density at radius 1 is 1.50 bits per heavy atom. The number of aryl methyl sites for hydroxylation is 1. The Kier molecular flexibility index (Phi) is 5.60. The van der Waals surface area contributed by atoms with Gasteiger partial charge in [-0.15, -0.1) is 11.3 Å². The second-order valence-electron chi connectivity index (χ2n) is 5.55. The minimum atomic E-state index is -3.86. The minimum Gasteiger partial charge on any atom is -0.477 e. The van der Waals surface area contributed by atoms with Crippen LogP contribution in [0.15, 0.2) is 10.3 Å². The van der Waals surface area contributed by atoms with Crippen molar-refractivity contribution in [3.63, 3.8) is 0 Å². The van der Waals surface area contributed by atoms with Gasteiger partial charge in [-0.3, -0.25) is 0 Å². The van der Waals surface area contributed by atoms with Crippen LogP contribution in [0.1, 0.15) is 40.9 Å². The minimum absolute atomic E-state index is 0.133. The average molecular weight is 347 g/mol. The molecule has 124 valence electrons. The fourth-order valence-corrected chi connectivity index (χ4v) is 5.62. The van der Waals surface area contributed by atoms with Crippen LogP contribution in [0.2, 0.25) is 0 Å². The summed E-state index contributed by atoms with van der Waals surface area (Å²) in [4.78, 5) is 10.9. The van der Waals surface area contributed by atoms with Crippen LogP contribution >= 0.6 is 11.3 Å². The molecule has 0 amide bonds. The van der Waals surface area contributed by atoms with Gasteiger partial charge < -0.3 is 9.84 Å². The highest BCUT2D eigenvalue weighted by atomic mass is 32.2. The SMILES string of the molecule is COC(CNS(=O)(=O)c1c(C)csc1C(=O)O)C1CCCC1. The summed E-state index contributed by atoms with van der Waals surface area (Å²) in [7, 11) is -2.28. The molecule has 1 aliphatic rings. The van der Waals surface area contributed by atoms with Gasteiger partial charge in [0.2, 0.25) is 10.0 Å². The highest BCUT2D eigenvalue weighted by Gasteiger charge is 2.30. The summed E-state index contributed by atoms with van der Waals surface area (Å²) in [6, 6.07) is 0. The van der Waals surface area contributed by atoms with Crippen molar-refractivity contribution in [3.8, 4) is 0 Å². The van der Waals surface area contributed by atoms with Gasteiger partial charge in [-0.2, -0.15) is 0 Å². The number of carboxylic acids is 1. The first kappa shape index (κ1) is 17.4. The molecule has 1 aliphatic carbocycles. The molecule has 0 bridgehead atoms. The van der Waals surface area contributed by atoms with Gasteiger partial charge in [0.25, 0.3) is 0 Å². The van der Waals surface area contributed by atoms with E-state index in [1.165, 1.54) is 0 Å². The molecule has 6 nitrogen and oxygen atoms in total. The van der Waals surface area contributed by atoms with Crippen molar-refractivity contribution in [2.45, 2.75) is 43.6 Å². The van der Waals surface area contributed by atoms with Crippen molar-refractivity contribution in [1.29, 1.82) is 0 Å². The molecule has 1 heterocycles. The Labute approximate surface area is 134 Å². The number of sulfonamides is 1. The lowest BCUT2D eigenvalue weighted by Crippen LogP contribution is -2.37. The van der Waals surface area contributed by atoms with E-state index in [1.54, 1.807) is 19.4 Å². The van der Waals surface area contributed by atoms with Gasteiger partial charge >= 0.3 is 5.97 Å². The van der Waals surface area contributed by atoms with E-state index in [2.05, 4.69) is 4.72 Å². The van der Waals surface area contributed by atoms with Crippen LogP contribution < -0.4 is 4.72 Å². The molecule has 2 N–H and O–H groups in total. The first-order chi connectivity index (χ1) is 10.4. The molecule has 0 radical (unpaired) electrons. The van der Waals surface area contributed by atoms with E-state index in [0.29, 0.717) is 11.5 Å². The maximum Gasteiger partial charge on any atom is 0.347 e. The Morgan fingerprint density at radius 2 is 2.14 bits per heavy atom. The van der Waals surface area contributed by atoms with Crippen LogP contribution in [-0.4, -0.2) is 39.3 Å². The average Bonchev–Trinajstić information content (AvgIpc) is 3.09. The van der Waals surface area contributed by atoms with E-state index in [9.17, 15) is 13.2 Å². The Morgan fingerprint density at radius 3 is 2.68 bits per heavy atom. The molecule has 1 saturated carbocycles. The molecule has 8 heteroatoms. The monoisotopic (exact) mass is 347 g/mol. The van der Waals surface area contributed by atoms with Crippen molar-refractivity contribution in [3.05, 3.63) is 15.8 Å². The van der Waals surface area contributed by atoms with Crippen LogP contribution in [0.4, 0.5) is 0 Å². The van der Waals surface area contributed by atoms with Crippen LogP contribution in [-0.2, 0) is 14.8 Å². The highest BCUT2D eigenvalue weighted by Crippen LogP contribution is 2.30. The maximum absolute atomic E-state index is 12.5. The van der Waals surface area contributed by atoms with Crippen LogP contribution in [0.5, 0.6) is 0 Å². The highest BCUT2D eigenvalue weighted by molar-refractivity contribution is 7.89. The first-order valence-corrected chi connectivity index (χ1v) is 9.57. The summed E-state index contributed by atoms with van der Waals surface area (Å²) >= 11 is 0.927. The molecular formula is C14H21NO5S2. The predicted octanol–water partition coefficient (Wildman–Crippen LogP) is 2.24. The quantitative estimate of drug-likeness (QED) is 0.789. The summed E-state index contributed by atoms with van der Waals surface area (Å²) in [6.45, 7) is 1.76. The number of aromatic carboxylic acids is 1. The molecular weight excluding hydrogens is 326 g/mol. The second-order valence-corrected chi connectivity index (χ2v) is 8.14. The van der Waals surface area contributed by atoms with E-state index in [0.717, 1.165) is 37.0 Å². The van der Waals surface area contributed by atoms with Crippen molar-refractivity contribution in [1.82, 2.24) is 4.72 Å². The molecule has 2 rings (SSSR count). The van der Waals surface area contributed by atoms with Gasteiger partial charge in [-0.05, 0) is 36.6 Å². The van der Waals surface area contributed by atoms with Gasteiger partial charge in [0, 0.05) is 13.7 Å². The normalized spacial score (nSPS) is 17.7. The number of nitrogens with one attached hydrogen (secondary N) is 1. The number of thiophene rings is 1. The van der Waals surface area contributed by atoms with E-state index < -0.39 is 16.0 Å². The second kappa shape index (κ2) is 7.08. The van der Waals surface area contributed by atoms with Gasteiger partial charge in [0.1, 0.15) is 9.77 Å². The number of hydrogen-bond acceptors (Lipinski definition) is 5. The fourth-order valence-electron chi connectivity index (χ4n) is 2.95. The third kappa shape index (κ3) is 3.68. The third-order valence-electron chi connectivity index (χ3n) is 4.08. The molecule has 1 aromatic heterocycles. The predicted molar refractivity (Wildman–Crippen MR) is 84.0 cm³/mol.